The van der Waals surface area contributed by atoms with Crippen LogP contribution < -0.4 is 20.3 Å². The summed E-state index contributed by atoms with van der Waals surface area (Å²) in [5, 5.41) is 2.74. The van der Waals surface area contributed by atoms with E-state index in [0.717, 1.165) is 17.7 Å². The van der Waals surface area contributed by atoms with E-state index in [1.165, 1.54) is 23.0 Å². The molecule has 7 heteroatoms. The quantitative estimate of drug-likeness (QED) is 0.803. The Kier molecular flexibility index (Phi) is 5.13. The lowest BCUT2D eigenvalue weighted by molar-refractivity contribution is -0.116. The Hall–Kier alpha value is -3.09. The number of aromatic nitrogens is 2. The molecule has 1 aliphatic rings. The van der Waals surface area contributed by atoms with Gasteiger partial charge in [-0.05, 0) is 30.2 Å². The zero-order valence-electron chi connectivity index (χ0n) is 13.9. The molecule has 7 nitrogen and oxygen atoms in total. The molecule has 1 aliphatic heterocycles. The van der Waals surface area contributed by atoms with Gasteiger partial charge >= 0.3 is 0 Å². The molecule has 0 unspecified atom stereocenters. The van der Waals surface area contributed by atoms with Crippen LogP contribution in [0.5, 0.6) is 11.5 Å². The topological polar surface area (TPSA) is 82.5 Å². The average Bonchev–Trinajstić information content (AvgIpc) is 3.09. The summed E-state index contributed by atoms with van der Waals surface area (Å²) in [7, 11) is 0. The molecule has 0 saturated carbocycles. The SMILES string of the molecule is CCc1cc(=O)n(CCNC(=O)/C=C/c2ccc3c(c2)OCO3)cn1. The predicted octanol–water partition coefficient (Wildman–Crippen LogP) is 1.36. The molecule has 1 aromatic heterocycles. The highest BCUT2D eigenvalue weighted by Gasteiger charge is 2.12. The van der Waals surface area contributed by atoms with E-state index in [4.69, 9.17) is 9.47 Å². The van der Waals surface area contributed by atoms with Gasteiger partial charge in [0, 0.05) is 30.9 Å². The van der Waals surface area contributed by atoms with Gasteiger partial charge in [0.2, 0.25) is 12.7 Å². The van der Waals surface area contributed by atoms with E-state index in [1.54, 1.807) is 12.1 Å². The van der Waals surface area contributed by atoms with Gasteiger partial charge in [-0.2, -0.15) is 0 Å². The number of hydrogen-bond donors (Lipinski definition) is 1. The summed E-state index contributed by atoms with van der Waals surface area (Å²) >= 11 is 0. The maximum absolute atomic E-state index is 11.9. The van der Waals surface area contributed by atoms with Crippen LogP contribution in [0.4, 0.5) is 0 Å². The summed E-state index contributed by atoms with van der Waals surface area (Å²) in [5.74, 6) is 1.14. The molecule has 130 valence electrons. The number of rotatable bonds is 6. The highest BCUT2D eigenvalue weighted by atomic mass is 16.7. The minimum Gasteiger partial charge on any atom is -0.454 e. The van der Waals surface area contributed by atoms with Crippen molar-refractivity contribution in [3.05, 3.63) is 58.3 Å². The Morgan fingerprint density at radius 3 is 2.96 bits per heavy atom. The molecule has 0 fully saturated rings. The summed E-state index contributed by atoms with van der Waals surface area (Å²) in [6.07, 6.45) is 5.37. The van der Waals surface area contributed by atoms with Crippen molar-refractivity contribution < 1.29 is 14.3 Å². The normalized spacial score (nSPS) is 12.5. The molecule has 0 atom stereocenters. The minimum atomic E-state index is -0.233. The second-order valence-corrected chi connectivity index (χ2v) is 5.50. The first kappa shape index (κ1) is 16.8. The van der Waals surface area contributed by atoms with Gasteiger partial charge in [-0.15, -0.1) is 0 Å². The van der Waals surface area contributed by atoms with Crippen molar-refractivity contribution in [2.45, 2.75) is 19.9 Å². The number of carbonyl (C=O) groups is 1. The van der Waals surface area contributed by atoms with Gasteiger partial charge in [-0.25, -0.2) is 4.98 Å². The van der Waals surface area contributed by atoms with Crippen molar-refractivity contribution in [2.75, 3.05) is 13.3 Å². The molecule has 2 aromatic rings. The fraction of sp³-hybridized carbons (Fsp3) is 0.278. The van der Waals surface area contributed by atoms with Gasteiger partial charge in [0.05, 0.1) is 6.33 Å². The number of ether oxygens (including phenoxy) is 2. The Bertz CT molecular complexity index is 858. The lowest BCUT2D eigenvalue weighted by Crippen LogP contribution is -2.30. The smallest absolute Gasteiger partial charge is 0.253 e. The first-order valence-electron chi connectivity index (χ1n) is 8.06. The maximum atomic E-state index is 11.9. The van der Waals surface area contributed by atoms with Crippen LogP contribution in [0, 0.1) is 0 Å². The molecule has 0 aliphatic carbocycles. The van der Waals surface area contributed by atoms with Crippen molar-refractivity contribution in [2.24, 2.45) is 0 Å². The third-order valence-electron chi connectivity index (χ3n) is 3.77. The molecule has 0 bridgehead atoms. The molecular formula is C18H19N3O4. The average molecular weight is 341 g/mol. The predicted molar refractivity (Wildman–Crippen MR) is 92.5 cm³/mol. The summed E-state index contributed by atoms with van der Waals surface area (Å²) in [6.45, 7) is 2.88. The van der Waals surface area contributed by atoms with Crippen LogP contribution in [0.2, 0.25) is 0 Å². The van der Waals surface area contributed by atoms with Crippen molar-refractivity contribution >= 4 is 12.0 Å². The van der Waals surface area contributed by atoms with Crippen molar-refractivity contribution in [3.8, 4) is 11.5 Å². The minimum absolute atomic E-state index is 0.114. The van der Waals surface area contributed by atoms with Crippen molar-refractivity contribution in [1.29, 1.82) is 0 Å². The van der Waals surface area contributed by atoms with Crippen LogP contribution in [0.3, 0.4) is 0 Å². The molecule has 1 N–H and O–H groups in total. The molecule has 0 radical (unpaired) electrons. The number of nitrogens with one attached hydrogen (secondary N) is 1. The van der Waals surface area contributed by atoms with Gasteiger partial charge < -0.3 is 14.8 Å². The third-order valence-corrected chi connectivity index (χ3v) is 3.77. The zero-order chi connectivity index (χ0) is 17.6. The summed E-state index contributed by atoms with van der Waals surface area (Å²) in [5.41, 5.74) is 1.49. The summed E-state index contributed by atoms with van der Waals surface area (Å²) in [4.78, 5) is 27.9. The largest absolute Gasteiger partial charge is 0.454 e. The molecule has 2 heterocycles. The molecule has 3 rings (SSSR count). The van der Waals surface area contributed by atoms with Gasteiger partial charge in [0.1, 0.15) is 0 Å². The van der Waals surface area contributed by atoms with Crippen LogP contribution in [0.15, 0.2) is 41.5 Å². The highest BCUT2D eigenvalue weighted by Crippen LogP contribution is 2.32. The van der Waals surface area contributed by atoms with Crippen LogP contribution in [-0.4, -0.2) is 28.8 Å². The Labute approximate surface area is 144 Å². The van der Waals surface area contributed by atoms with Crippen LogP contribution in [0.25, 0.3) is 6.08 Å². The lowest BCUT2D eigenvalue weighted by atomic mass is 10.2. The third kappa shape index (κ3) is 4.26. The maximum Gasteiger partial charge on any atom is 0.253 e. The lowest BCUT2D eigenvalue weighted by Gasteiger charge is -2.06. The van der Waals surface area contributed by atoms with Gasteiger partial charge in [-0.1, -0.05) is 13.0 Å². The van der Waals surface area contributed by atoms with E-state index in [0.29, 0.717) is 24.6 Å². The zero-order valence-corrected chi connectivity index (χ0v) is 13.9. The van der Waals surface area contributed by atoms with Crippen LogP contribution in [0.1, 0.15) is 18.2 Å². The Morgan fingerprint density at radius 2 is 2.16 bits per heavy atom. The van der Waals surface area contributed by atoms with Gasteiger partial charge in [-0.3, -0.25) is 14.2 Å². The highest BCUT2D eigenvalue weighted by molar-refractivity contribution is 5.91. The van der Waals surface area contributed by atoms with Crippen molar-refractivity contribution in [1.82, 2.24) is 14.9 Å². The summed E-state index contributed by atoms with van der Waals surface area (Å²) in [6, 6.07) is 6.98. The molecule has 0 saturated heterocycles. The number of benzene rings is 1. The number of hydrogen-bond acceptors (Lipinski definition) is 5. The fourth-order valence-corrected chi connectivity index (χ4v) is 2.37. The number of carbonyl (C=O) groups excluding carboxylic acids is 1. The number of aryl methyl sites for hydroxylation is 1. The monoisotopic (exact) mass is 341 g/mol. The summed E-state index contributed by atoms with van der Waals surface area (Å²) < 4.78 is 12.0. The Morgan fingerprint density at radius 1 is 1.32 bits per heavy atom. The molecule has 0 spiro atoms. The molecule has 1 amide bonds. The molecular weight excluding hydrogens is 322 g/mol. The second kappa shape index (κ2) is 7.65. The first-order valence-corrected chi connectivity index (χ1v) is 8.06. The Balaban J connectivity index is 1.50. The van der Waals surface area contributed by atoms with Gasteiger partial charge in [0.25, 0.3) is 5.56 Å². The number of amides is 1. The van der Waals surface area contributed by atoms with E-state index >= 15 is 0 Å². The number of fused-ring (bicyclic) bond motifs is 1. The standard InChI is InChI=1S/C18H19N3O4/c1-2-14-10-18(23)21(11-20-14)8-7-19-17(22)6-4-13-3-5-15-16(9-13)25-12-24-15/h3-6,9-11H,2,7-8,12H2,1H3,(H,19,22)/b6-4+. The van der Waals surface area contributed by atoms with Crippen molar-refractivity contribution in [3.63, 3.8) is 0 Å². The van der Waals surface area contributed by atoms with Crippen LogP contribution >= 0.6 is 0 Å². The van der Waals surface area contributed by atoms with Crippen LogP contribution in [-0.2, 0) is 17.8 Å². The molecule has 1 aromatic carbocycles. The van der Waals surface area contributed by atoms with E-state index < -0.39 is 0 Å². The van der Waals surface area contributed by atoms with E-state index in [1.807, 2.05) is 19.1 Å². The van der Waals surface area contributed by atoms with E-state index in [9.17, 15) is 9.59 Å². The molecule has 25 heavy (non-hydrogen) atoms. The van der Waals surface area contributed by atoms with Gasteiger partial charge in [0.15, 0.2) is 11.5 Å². The van der Waals surface area contributed by atoms with E-state index in [2.05, 4.69) is 10.3 Å². The van der Waals surface area contributed by atoms with E-state index in [-0.39, 0.29) is 18.3 Å². The number of nitrogens with zero attached hydrogens (tertiary/aromatic N) is 2. The fourth-order valence-electron chi connectivity index (χ4n) is 2.37. The second-order valence-electron chi connectivity index (χ2n) is 5.50. The first-order chi connectivity index (χ1) is 12.2.